The Hall–Kier alpha value is -2.30. The van der Waals surface area contributed by atoms with E-state index in [1.165, 1.54) is 0 Å². The molecule has 0 aliphatic carbocycles. The van der Waals surface area contributed by atoms with E-state index < -0.39 is 0 Å². The van der Waals surface area contributed by atoms with E-state index in [0.717, 1.165) is 10.9 Å². The minimum Gasteiger partial charge on any atom is -0.354 e. The van der Waals surface area contributed by atoms with Crippen molar-refractivity contribution in [3.05, 3.63) is 36.0 Å². The summed E-state index contributed by atoms with van der Waals surface area (Å²) < 4.78 is 1.88. The fourth-order valence-electron chi connectivity index (χ4n) is 2.42. The fraction of sp³-hybridized carbons (Fsp3) is 0.412. The van der Waals surface area contributed by atoms with E-state index in [2.05, 4.69) is 10.6 Å². The van der Waals surface area contributed by atoms with Crippen LogP contribution in [0.1, 0.15) is 30.8 Å². The zero-order valence-electron chi connectivity index (χ0n) is 13.3. The maximum atomic E-state index is 12.2. The van der Waals surface area contributed by atoms with Crippen molar-refractivity contribution in [1.82, 2.24) is 15.2 Å². The number of fused-ring (bicyclic) bond motifs is 1. The second kappa shape index (κ2) is 7.11. The fourth-order valence-corrected chi connectivity index (χ4v) is 2.42. The van der Waals surface area contributed by atoms with Gasteiger partial charge in [0.25, 0.3) is 5.91 Å². The van der Waals surface area contributed by atoms with E-state index in [-0.39, 0.29) is 11.8 Å². The van der Waals surface area contributed by atoms with Gasteiger partial charge in [-0.25, -0.2) is 0 Å². The zero-order valence-corrected chi connectivity index (χ0v) is 13.3. The van der Waals surface area contributed by atoms with Gasteiger partial charge in [0.1, 0.15) is 5.69 Å². The third kappa shape index (κ3) is 3.87. The van der Waals surface area contributed by atoms with Crippen LogP contribution in [0.4, 0.5) is 0 Å². The molecule has 118 valence electrons. The molecule has 5 nitrogen and oxygen atoms in total. The molecule has 2 N–H and O–H groups in total. The topological polar surface area (TPSA) is 63.1 Å². The predicted octanol–water partition coefficient (Wildman–Crippen LogP) is 2.07. The Kier molecular flexibility index (Phi) is 5.20. The molecule has 0 saturated carbocycles. The number of aromatic nitrogens is 1. The van der Waals surface area contributed by atoms with E-state index in [9.17, 15) is 9.59 Å². The molecule has 22 heavy (non-hydrogen) atoms. The highest BCUT2D eigenvalue weighted by Crippen LogP contribution is 2.17. The van der Waals surface area contributed by atoms with Gasteiger partial charge in [-0.2, -0.15) is 0 Å². The smallest absolute Gasteiger partial charge is 0.267 e. The lowest BCUT2D eigenvalue weighted by molar-refractivity contribution is -0.121. The molecule has 0 spiro atoms. The largest absolute Gasteiger partial charge is 0.354 e. The quantitative estimate of drug-likeness (QED) is 0.802. The number of hydrogen-bond donors (Lipinski definition) is 2. The normalized spacial score (nSPS) is 10.9. The minimum atomic E-state index is -0.128. The van der Waals surface area contributed by atoms with E-state index in [0.29, 0.717) is 31.1 Å². The van der Waals surface area contributed by atoms with Crippen molar-refractivity contribution in [3.8, 4) is 0 Å². The summed E-state index contributed by atoms with van der Waals surface area (Å²) in [6, 6.07) is 9.75. The maximum absolute atomic E-state index is 12.2. The summed E-state index contributed by atoms with van der Waals surface area (Å²) in [6.45, 7) is 4.87. The van der Waals surface area contributed by atoms with Gasteiger partial charge in [-0.15, -0.1) is 0 Å². The van der Waals surface area contributed by atoms with E-state index >= 15 is 0 Å². The van der Waals surface area contributed by atoms with Gasteiger partial charge in [0.05, 0.1) is 0 Å². The van der Waals surface area contributed by atoms with Gasteiger partial charge >= 0.3 is 0 Å². The number of nitrogens with zero attached hydrogens (tertiary/aromatic N) is 1. The SMILES string of the molecule is CC(C)CC(=O)NCCNC(=O)c1cc2ccccc2n1C. The number of aryl methyl sites for hydroxylation is 1. The molecule has 0 unspecified atom stereocenters. The lowest BCUT2D eigenvalue weighted by Gasteiger charge is -2.09. The highest BCUT2D eigenvalue weighted by atomic mass is 16.2. The first-order valence-corrected chi connectivity index (χ1v) is 7.58. The Morgan fingerprint density at radius 2 is 1.82 bits per heavy atom. The summed E-state index contributed by atoms with van der Waals surface area (Å²) in [5, 5.41) is 6.68. The van der Waals surface area contributed by atoms with Gasteiger partial charge in [0.2, 0.25) is 5.91 Å². The average molecular weight is 301 g/mol. The van der Waals surface area contributed by atoms with Gasteiger partial charge in [0.15, 0.2) is 0 Å². The van der Waals surface area contributed by atoms with Crippen molar-refractivity contribution in [2.75, 3.05) is 13.1 Å². The Balaban J connectivity index is 1.87. The molecule has 1 aromatic carbocycles. The third-order valence-electron chi connectivity index (χ3n) is 3.51. The van der Waals surface area contributed by atoms with Crippen molar-refractivity contribution in [2.24, 2.45) is 13.0 Å². The van der Waals surface area contributed by atoms with Crippen LogP contribution >= 0.6 is 0 Å². The minimum absolute atomic E-state index is 0.0221. The third-order valence-corrected chi connectivity index (χ3v) is 3.51. The van der Waals surface area contributed by atoms with Crippen LogP contribution < -0.4 is 10.6 Å². The van der Waals surface area contributed by atoms with Crippen LogP contribution in [0.2, 0.25) is 0 Å². The number of para-hydroxylation sites is 1. The molecule has 0 saturated heterocycles. The van der Waals surface area contributed by atoms with Crippen LogP contribution in [0, 0.1) is 5.92 Å². The van der Waals surface area contributed by atoms with Crippen molar-refractivity contribution >= 4 is 22.7 Å². The first-order chi connectivity index (χ1) is 10.5. The molecule has 0 atom stereocenters. The van der Waals surface area contributed by atoms with Gasteiger partial charge in [-0.05, 0) is 18.1 Å². The number of rotatable bonds is 6. The summed E-state index contributed by atoms with van der Waals surface area (Å²) in [4.78, 5) is 23.7. The van der Waals surface area contributed by atoms with Crippen LogP contribution in [-0.4, -0.2) is 29.5 Å². The molecule has 2 aromatic rings. The van der Waals surface area contributed by atoms with Crippen LogP contribution in [0.3, 0.4) is 0 Å². The molecule has 5 heteroatoms. The van der Waals surface area contributed by atoms with E-state index in [4.69, 9.17) is 0 Å². The Morgan fingerprint density at radius 3 is 2.50 bits per heavy atom. The monoisotopic (exact) mass is 301 g/mol. The molecular formula is C17H23N3O2. The first-order valence-electron chi connectivity index (χ1n) is 7.58. The summed E-state index contributed by atoms with van der Waals surface area (Å²) in [7, 11) is 1.88. The van der Waals surface area contributed by atoms with Gasteiger partial charge < -0.3 is 15.2 Å². The Labute approximate surface area is 130 Å². The molecule has 0 bridgehead atoms. The maximum Gasteiger partial charge on any atom is 0.267 e. The van der Waals surface area contributed by atoms with Crippen LogP contribution in [0.25, 0.3) is 10.9 Å². The zero-order chi connectivity index (χ0) is 16.1. The Bertz CT molecular complexity index is 674. The Morgan fingerprint density at radius 1 is 1.14 bits per heavy atom. The average Bonchev–Trinajstić information content (AvgIpc) is 2.80. The van der Waals surface area contributed by atoms with Crippen LogP contribution in [0.15, 0.2) is 30.3 Å². The molecule has 1 heterocycles. The predicted molar refractivity (Wildman–Crippen MR) is 87.7 cm³/mol. The number of hydrogen-bond acceptors (Lipinski definition) is 2. The summed E-state index contributed by atoms with van der Waals surface area (Å²) >= 11 is 0. The summed E-state index contributed by atoms with van der Waals surface area (Å²) in [5.74, 6) is 0.232. The van der Waals surface area contributed by atoms with Gasteiger partial charge in [-0.3, -0.25) is 9.59 Å². The van der Waals surface area contributed by atoms with Gasteiger partial charge in [0, 0.05) is 37.5 Å². The van der Waals surface area contributed by atoms with Crippen molar-refractivity contribution in [2.45, 2.75) is 20.3 Å². The highest BCUT2D eigenvalue weighted by Gasteiger charge is 2.12. The van der Waals surface area contributed by atoms with Crippen LogP contribution in [-0.2, 0) is 11.8 Å². The number of nitrogens with one attached hydrogen (secondary N) is 2. The van der Waals surface area contributed by atoms with E-state index in [1.54, 1.807) is 0 Å². The second-order valence-electron chi connectivity index (χ2n) is 5.85. The lowest BCUT2D eigenvalue weighted by atomic mass is 10.1. The standard InChI is InChI=1S/C17H23N3O2/c1-12(2)10-16(21)18-8-9-19-17(22)15-11-13-6-4-5-7-14(13)20(15)3/h4-7,11-12H,8-10H2,1-3H3,(H,18,21)(H,19,22). The van der Waals surface area contributed by atoms with Gasteiger partial charge in [-0.1, -0.05) is 32.0 Å². The molecule has 1 aromatic heterocycles. The lowest BCUT2D eigenvalue weighted by Crippen LogP contribution is -2.35. The molecule has 0 radical (unpaired) electrons. The molecule has 0 fully saturated rings. The molecule has 0 aliphatic rings. The van der Waals surface area contributed by atoms with Crippen molar-refractivity contribution < 1.29 is 9.59 Å². The van der Waals surface area contributed by atoms with Crippen molar-refractivity contribution in [3.63, 3.8) is 0 Å². The summed E-state index contributed by atoms with van der Waals surface area (Å²) in [5.41, 5.74) is 1.65. The van der Waals surface area contributed by atoms with Crippen molar-refractivity contribution in [1.29, 1.82) is 0 Å². The molecule has 0 aliphatic heterocycles. The van der Waals surface area contributed by atoms with Crippen LogP contribution in [0.5, 0.6) is 0 Å². The van der Waals surface area contributed by atoms with E-state index in [1.807, 2.05) is 55.8 Å². The highest BCUT2D eigenvalue weighted by molar-refractivity contribution is 5.98. The molecular weight excluding hydrogens is 278 g/mol. The number of carbonyl (C=O) groups is 2. The molecule has 2 rings (SSSR count). The number of benzene rings is 1. The second-order valence-corrected chi connectivity index (χ2v) is 5.85. The molecule has 2 amide bonds. The number of amides is 2. The number of carbonyl (C=O) groups excluding carboxylic acids is 2. The first kappa shape index (κ1) is 16.1. The summed E-state index contributed by atoms with van der Waals surface area (Å²) in [6.07, 6.45) is 0.511.